The Morgan fingerprint density at radius 2 is 2.25 bits per heavy atom. The lowest BCUT2D eigenvalue weighted by Crippen LogP contribution is -2.44. The van der Waals surface area contributed by atoms with E-state index in [1.165, 1.54) is 0 Å². The number of carbonyl (C=O) groups excluding carboxylic acids is 1. The van der Waals surface area contributed by atoms with Crippen LogP contribution in [0.3, 0.4) is 0 Å². The Bertz CT molecular complexity index is 402. The van der Waals surface area contributed by atoms with E-state index in [1.807, 2.05) is 0 Å². The molecule has 1 fully saturated rings. The SMILES string of the molecule is Cc1noc(NC(=O)NC2(C(F)F)CC2)n1. The topological polar surface area (TPSA) is 80.0 Å². The smallest absolute Gasteiger partial charge is 0.327 e. The molecule has 88 valence electrons. The number of rotatable bonds is 3. The first kappa shape index (κ1) is 10.8. The number of anilines is 1. The molecule has 2 amide bonds. The molecule has 0 bridgehead atoms. The predicted molar refractivity (Wildman–Crippen MR) is 49.2 cm³/mol. The van der Waals surface area contributed by atoms with Crippen molar-refractivity contribution in [2.45, 2.75) is 31.7 Å². The predicted octanol–water partition coefficient (Wildman–Crippen LogP) is 1.30. The van der Waals surface area contributed by atoms with Crippen LogP contribution in [0.25, 0.3) is 0 Å². The van der Waals surface area contributed by atoms with Crippen LogP contribution in [0.1, 0.15) is 18.7 Å². The average Bonchev–Trinajstić information content (AvgIpc) is 2.85. The van der Waals surface area contributed by atoms with Crippen LogP contribution in [-0.4, -0.2) is 28.1 Å². The molecule has 16 heavy (non-hydrogen) atoms. The summed E-state index contributed by atoms with van der Waals surface area (Å²) in [6.07, 6.45) is -2.01. The van der Waals surface area contributed by atoms with E-state index in [0.717, 1.165) is 0 Å². The molecule has 2 rings (SSSR count). The van der Waals surface area contributed by atoms with E-state index in [1.54, 1.807) is 6.92 Å². The third kappa shape index (κ3) is 2.10. The third-order valence-electron chi connectivity index (χ3n) is 2.32. The molecule has 8 heteroatoms. The van der Waals surface area contributed by atoms with Gasteiger partial charge in [-0.25, -0.2) is 13.6 Å². The summed E-state index contributed by atoms with van der Waals surface area (Å²) < 4.78 is 29.6. The van der Waals surface area contributed by atoms with Crippen LogP contribution in [0, 0.1) is 6.92 Å². The Labute approximate surface area is 89.4 Å². The Morgan fingerprint density at radius 3 is 2.69 bits per heavy atom. The molecule has 1 aliphatic rings. The monoisotopic (exact) mass is 232 g/mol. The fourth-order valence-corrected chi connectivity index (χ4v) is 1.23. The van der Waals surface area contributed by atoms with Crippen molar-refractivity contribution in [3.8, 4) is 0 Å². The fraction of sp³-hybridized carbons (Fsp3) is 0.625. The highest BCUT2D eigenvalue weighted by Crippen LogP contribution is 2.40. The maximum atomic E-state index is 12.5. The quantitative estimate of drug-likeness (QED) is 0.823. The molecular weight excluding hydrogens is 222 g/mol. The average molecular weight is 232 g/mol. The third-order valence-corrected chi connectivity index (χ3v) is 2.32. The number of aromatic nitrogens is 2. The highest BCUT2D eigenvalue weighted by Gasteiger charge is 2.52. The van der Waals surface area contributed by atoms with Crippen LogP contribution < -0.4 is 10.6 Å². The summed E-state index contributed by atoms with van der Waals surface area (Å²) in [7, 11) is 0. The highest BCUT2D eigenvalue weighted by atomic mass is 19.3. The van der Waals surface area contributed by atoms with Crippen molar-refractivity contribution >= 4 is 12.0 Å². The summed E-state index contributed by atoms with van der Waals surface area (Å²) in [4.78, 5) is 15.0. The van der Waals surface area contributed by atoms with Gasteiger partial charge >= 0.3 is 12.0 Å². The van der Waals surface area contributed by atoms with E-state index >= 15 is 0 Å². The van der Waals surface area contributed by atoms with Crippen molar-refractivity contribution < 1.29 is 18.1 Å². The summed E-state index contributed by atoms with van der Waals surface area (Å²) in [5.74, 6) is 0.352. The molecule has 0 spiro atoms. The van der Waals surface area contributed by atoms with Gasteiger partial charge in [-0.1, -0.05) is 5.16 Å². The minimum Gasteiger partial charge on any atom is -0.327 e. The van der Waals surface area contributed by atoms with Crippen LogP contribution in [0.5, 0.6) is 0 Å². The number of hydrogen-bond donors (Lipinski definition) is 2. The van der Waals surface area contributed by atoms with Crippen molar-refractivity contribution in [2.24, 2.45) is 0 Å². The van der Waals surface area contributed by atoms with Gasteiger partial charge in [0.05, 0.1) is 0 Å². The van der Waals surface area contributed by atoms with Crippen LogP contribution in [0.4, 0.5) is 19.6 Å². The second kappa shape index (κ2) is 3.69. The number of nitrogens with one attached hydrogen (secondary N) is 2. The summed E-state index contributed by atoms with van der Waals surface area (Å²) >= 11 is 0. The van der Waals surface area contributed by atoms with Gasteiger partial charge in [-0.15, -0.1) is 0 Å². The van der Waals surface area contributed by atoms with Gasteiger partial charge in [0, 0.05) is 0 Å². The Morgan fingerprint density at radius 1 is 1.56 bits per heavy atom. The maximum Gasteiger partial charge on any atom is 0.329 e. The number of alkyl halides is 2. The van der Waals surface area contributed by atoms with Gasteiger partial charge in [0.1, 0.15) is 5.54 Å². The molecule has 0 aromatic carbocycles. The Hall–Kier alpha value is -1.73. The lowest BCUT2D eigenvalue weighted by Gasteiger charge is -2.15. The molecule has 1 saturated carbocycles. The molecule has 1 aliphatic carbocycles. The molecule has 2 N–H and O–H groups in total. The summed E-state index contributed by atoms with van der Waals surface area (Å²) in [6, 6.07) is -0.874. The minimum atomic E-state index is -2.57. The largest absolute Gasteiger partial charge is 0.329 e. The van der Waals surface area contributed by atoms with E-state index in [-0.39, 0.29) is 18.9 Å². The number of hydrogen-bond acceptors (Lipinski definition) is 4. The first-order valence-electron chi connectivity index (χ1n) is 4.69. The molecule has 0 atom stereocenters. The summed E-state index contributed by atoms with van der Waals surface area (Å²) in [6.45, 7) is 1.58. The van der Waals surface area contributed by atoms with Gasteiger partial charge in [0.15, 0.2) is 5.82 Å². The van der Waals surface area contributed by atoms with Crippen LogP contribution in [0.15, 0.2) is 4.52 Å². The van der Waals surface area contributed by atoms with Crippen molar-refractivity contribution in [3.05, 3.63) is 5.82 Å². The van der Waals surface area contributed by atoms with Gasteiger partial charge in [-0.2, -0.15) is 4.98 Å². The zero-order chi connectivity index (χ0) is 11.8. The zero-order valence-electron chi connectivity index (χ0n) is 8.46. The number of carbonyl (C=O) groups is 1. The second-order valence-electron chi connectivity index (χ2n) is 3.68. The zero-order valence-corrected chi connectivity index (χ0v) is 8.46. The number of urea groups is 1. The van der Waals surface area contributed by atoms with Gasteiger partial charge in [0.25, 0.3) is 6.43 Å². The number of aryl methyl sites for hydroxylation is 1. The van der Waals surface area contributed by atoms with Crippen LogP contribution >= 0.6 is 0 Å². The number of nitrogens with zero attached hydrogens (tertiary/aromatic N) is 2. The molecule has 1 aromatic rings. The first-order valence-corrected chi connectivity index (χ1v) is 4.69. The van der Waals surface area contributed by atoms with Gasteiger partial charge < -0.3 is 9.84 Å². The summed E-state index contributed by atoms with van der Waals surface area (Å²) in [5.41, 5.74) is -1.38. The fourth-order valence-electron chi connectivity index (χ4n) is 1.23. The van der Waals surface area contributed by atoms with Crippen molar-refractivity contribution in [3.63, 3.8) is 0 Å². The van der Waals surface area contributed by atoms with Gasteiger partial charge in [0.2, 0.25) is 0 Å². The Balaban J connectivity index is 1.90. The van der Waals surface area contributed by atoms with Crippen molar-refractivity contribution in [1.82, 2.24) is 15.5 Å². The van der Waals surface area contributed by atoms with E-state index in [2.05, 4.69) is 25.3 Å². The van der Waals surface area contributed by atoms with E-state index in [0.29, 0.717) is 5.82 Å². The molecule has 0 aliphatic heterocycles. The Kier molecular flexibility index (Phi) is 2.49. The van der Waals surface area contributed by atoms with Crippen molar-refractivity contribution in [1.29, 1.82) is 0 Å². The lowest BCUT2D eigenvalue weighted by molar-refractivity contribution is 0.0907. The van der Waals surface area contributed by atoms with Crippen LogP contribution in [-0.2, 0) is 0 Å². The van der Waals surface area contributed by atoms with Crippen LogP contribution in [0.2, 0.25) is 0 Å². The van der Waals surface area contributed by atoms with Gasteiger partial charge in [-0.3, -0.25) is 5.32 Å². The van der Waals surface area contributed by atoms with E-state index < -0.39 is 18.0 Å². The second-order valence-corrected chi connectivity index (χ2v) is 3.68. The summed E-state index contributed by atoms with van der Waals surface area (Å²) in [5, 5.41) is 7.83. The maximum absolute atomic E-state index is 12.5. The molecule has 0 unspecified atom stereocenters. The molecule has 0 radical (unpaired) electrons. The lowest BCUT2D eigenvalue weighted by atomic mass is 10.3. The number of halogens is 2. The molecule has 6 nitrogen and oxygen atoms in total. The molecule has 0 saturated heterocycles. The molecule has 1 heterocycles. The normalized spacial score (nSPS) is 17.2. The standard InChI is InChI=1S/C8H10F2N4O2/c1-4-11-7(16-14-4)12-6(15)13-8(2-3-8)5(9)10/h5H,2-3H2,1H3,(H2,11,12,13,14,15). The van der Waals surface area contributed by atoms with Gasteiger partial charge in [-0.05, 0) is 19.8 Å². The van der Waals surface area contributed by atoms with Crippen molar-refractivity contribution in [2.75, 3.05) is 5.32 Å². The minimum absolute atomic E-state index is 0.111. The molecular formula is C8H10F2N4O2. The van der Waals surface area contributed by atoms with E-state index in [4.69, 9.17) is 0 Å². The highest BCUT2D eigenvalue weighted by molar-refractivity contribution is 5.87. The number of amides is 2. The molecule has 1 aromatic heterocycles. The van der Waals surface area contributed by atoms with E-state index in [9.17, 15) is 13.6 Å². The first-order chi connectivity index (χ1) is 7.52.